The average Bonchev–Trinajstić information content (AvgIpc) is 2.63. The minimum atomic E-state index is 0.497. The van der Waals surface area contributed by atoms with E-state index in [-0.39, 0.29) is 0 Å². The first-order valence-corrected chi connectivity index (χ1v) is 9.29. The molecular formula is C19H28ClN5. The van der Waals surface area contributed by atoms with Crippen molar-refractivity contribution in [2.75, 3.05) is 57.3 Å². The second-order valence-electron chi connectivity index (χ2n) is 5.98. The molecule has 25 heavy (non-hydrogen) atoms. The van der Waals surface area contributed by atoms with Crippen molar-refractivity contribution in [3.8, 4) is 12.3 Å². The van der Waals surface area contributed by atoms with E-state index in [1.807, 2.05) is 25.1 Å². The molecule has 2 N–H and O–H groups in total. The molecule has 1 aliphatic heterocycles. The predicted octanol–water partition coefficient (Wildman–Crippen LogP) is 2.04. The van der Waals surface area contributed by atoms with Crippen LogP contribution in [0.1, 0.15) is 13.3 Å². The highest BCUT2D eigenvalue weighted by Gasteiger charge is 2.16. The SMILES string of the molecule is C#CCNC(=NCCCN1CCN(c2cccc(Cl)c2)CC1)NCC. The van der Waals surface area contributed by atoms with E-state index in [9.17, 15) is 0 Å². The van der Waals surface area contributed by atoms with Gasteiger partial charge in [-0.2, -0.15) is 0 Å². The molecular weight excluding hydrogens is 334 g/mol. The van der Waals surface area contributed by atoms with Crippen molar-refractivity contribution in [2.24, 2.45) is 4.99 Å². The van der Waals surface area contributed by atoms with Crippen LogP contribution in [0.5, 0.6) is 0 Å². The van der Waals surface area contributed by atoms with Crippen LogP contribution in [-0.2, 0) is 0 Å². The van der Waals surface area contributed by atoms with Crippen LogP contribution in [0.4, 0.5) is 5.69 Å². The lowest BCUT2D eigenvalue weighted by atomic mass is 10.2. The lowest BCUT2D eigenvalue weighted by molar-refractivity contribution is 0.256. The van der Waals surface area contributed by atoms with Crippen molar-refractivity contribution in [2.45, 2.75) is 13.3 Å². The topological polar surface area (TPSA) is 42.9 Å². The molecule has 1 fully saturated rings. The van der Waals surface area contributed by atoms with E-state index in [0.717, 1.165) is 63.2 Å². The van der Waals surface area contributed by atoms with Crippen molar-refractivity contribution in [3.63, 3.8) is 0 Å². The van der Waals surface area contributed by atoms with E-state index in [0.29, 0.717) is 6.54 Å². The first kappa shape index (κ1) is 19.4. The van der Waals surface area contributed by atoms with Gasteiger partial charge < -0.3 is 15.5 Å². The van der Waals surface area contributed by atoms with Gasteiger partial charge in [0.25, 0.3) is 0 Å². The number of benzene rings is 1. The molecule has 5 nitrogen and oxygen atoms in total. The van der Waals surface area contributed by atoms with Crippen molar-refractivity contribution in [1.82, 2.24) is 15.5 Å². The molecule has 0 unspecified atom stereocenters. The summed E-state index contributed by atoms with van der Waals surface area (Å²) in [5, 5.41) is 7.10. The predicted molar refractivity (Wildman–Crippen MR) is 108 cm³/mol. The van der Waals surface area contributed by atoms with E-state index in [2.05, 4.69) is 37.4 Å². The van der Waals surface area contributed by atoms with E-state index in [1.165, 1.54) is 5.69 Å². The third kappa shape index (κ3) is 6.85. The fraction of sp³-hybridized carbons (Fsp3) is 0.526. The van der Waals surface area contributed by atoms with Gasteiger partial charge in [0.1, 0.15) is 0 Å². The number of aliphatic imine (C=N–C) groups is 1. The zero-order valence-corrected chi connectivity index (χ0v) is 15.7. The molecule has 0 amide bonds. The number of guanidine groups is 1. The molecule has 0 aliphatic carbocycles. The summed E-state index contributed by atoms with van der Waals surface area (Å²) >= 11 is 6.09. The second kappa shape index (κ2) is 10.9. The van der Waals surface area contributed by atoms with Crippen molar-refractivity contribution in [1.29, 1.82) is 0 Å². The summed E-state index contributed by atoms with van der Waals surface area (Å²) in [6.07, 6.45) is 6.32. The number of halogens is 1. The van der Waals surface area contributed by atoms with E-state index >= 15 is 0 Å². The number of nitrogens with one attached hydrogen (secondary N) is 2. The van der Waals surface area contributed by atoms with Gasteiger partial charge in [-0.05, 0) is 31.5 Å². The molecule has 0 spiro atoms. The van der Waals surface area contributed by atoms with Gasteiger partial charge in [0.2, 0.25) is 0 Å². The lowest BCUT2D eigenvalue weighted by Gasteiger charge is -2.36. The highest BCUT2D eigenvalue weighted by Crippen LogP contribution is 2.20. The number of hydrogen-bond acceptors (Lipinski definition) is 3. The van der Waals surface area contributed by atoms with Crippen LogP contribution in [0.2, 0.25) is 5.02 Å². The van der Waals surface area contributed by atoms with Crippen molar-refractivity contribution >= 4 is 23.2 Å². The minimum Gasteiger partial charge on any atom is -0.369 e. The summed E-state index contributed by atoms with van der Waals surface area (Å²) < 4.78 is 0. The van der Waals surface area contributed by atoms with Crippen molar-refractivity contribution in [3.05, 3.63) is 29.3 Å². The fourth-order valence-electron chi connectivity index (χ4n) is 2.86. The normalized spacial score (nSPS) is 15.7. The zero-order chi connectivity index (χ0) is 17.9. The van der Waals surface area contributed by atoms with Gasteiger partial charge in [-0.3, -0.25) is 9.89 Å². The molecule has 6 heteroatoms. The Morgan fingerprint density at radius 1 is 1.28 bits per heavy atom. The van der Waals surface area contributed by atoms with Gasteiger partial charge in [-0.25, -0.2) is 0 Å². The van der Waals surface area contributed by atoms with Gasteiger partial charge in [0, 0.05) is 56.5 Å². The fourth-order valence-corrected chi connectivity index (χ4v) is 3.05. The summed E-state index contributed by atoms with van der Waals surface area (Å²) in [7, 11) is 0. The first-order chi connectivity index (χ1) is 12.2. The Hall–Kier alpha value is -1.90. The summed E-state index contributed by atoms with van der Waals surface area (Å²) in [5.41, 5.74) is 1.21. The molecule has 0 aromatic heterocycles. The van der Waals surface area contributed by atoms with Gasteiger partial charge in [-0.15, -0.1) is 6.42 Å². The Morgan fingerprint density at radius 3 is 2.76 bits per heavy atom. The molecule has 1 aromatic carbocycles. The van der Waals surface area contributed by atoms with Crippen LogP contribution in [0.25, 0.3) is 0 Å². The molecule has 0 radical (unpaired) electrons. The van der Waals surface area contributed by atoms with Crippen LogP contribution in [0.3, 0.4) is 0 Å². The maximum Gasteiger partial charge on any atom is 0.192 e. The summed E-state index contributed by atoms with van der Waals surface area (Å²) in [6.45, 7) is 9.48. The molecule has 0 bridgehead atoms. The van der Waals surface area contributed by atoms with Crippen LogP contribution in [0, 0.1) is 12.3 Å². The Morgan fingerprint density at radius 2 is 2.08 bits per heavy atom. The van der Waals surface area contributed by atoms with E-state index in [1.54, 1.807) is 0 Å². The van der Waals surface area contributed by atoms with Crippen LogP contribution in [-0.4, -0.2) is 63.2 Å². The highest BCUT2D eigenvalue weighted by atomic mass is 35.5. The molecule has 1 saturated heterocycles. The monoisotopic (exact) mass is 361 g/mol. The molecule has 1 heterocycles. The average molecular weight is 362 g/mol. The van der Waals surface area contributed by atoms with Gasteiger partial charge in [0.05, 0.1) is 6.54 Å². The van der Waals surface area contributed by atoms with Gasteiger partial charge in [-0.1, -0.05) is 23.6 Å². The molecule has 136 valence electrons. The Kier molecular flexibility index (Phi) is 8.44. The molecule has 0 atom stereocenters. The third-order valence-electron chi connectivity index (χ3n) is 4.15. The van der Waals surface area contributed by atoms with Crippen LogP contribution >= 0.6 is 11.6 Å². The molecule has 2 rings (SSSR count). The zero-order valence-electron chi connectivity index (χ0n) is 15.0. The number of rotatable bonds is 7. The van der Waals surface area contributed by atoms with Crippen molar-refractivity contribution < 1.29 is 0 Å². The minimum absolute atomic E-state index is 0.497. The second-order valence-corrected chi connectivity index (χ2v) is 6.42. The Balaban J connectivity index is 1.69. The Labute approximate surface area is 156 Å². The summed E-state index contributed by atoms with van der Waals surface area (Å²) in [4.78, 5) is 9.45. The van der Waals surface area contributed by atoms with Crippen LogP contribution < -0.4 is 15.5 Å². The lowest BCUT2D eigenvalue weighted by Crippen LogP contribution is -2.46. The molecule has 1 aromatic rings. The number of piperazine rings is 1. The van der Waals surface area contributed by atoms with E-state index in [4.69, 9.17) is 18.0 Å². The summed E-state index contributed by atoms with van der Waals surface area (Å²) in [5.74, 6) is 3.36. The quantitative estimate of drug-likeness (QED) is 0.337. The largest absolute Gasteiger partial charge is 0.369 e. The number of terminal acetylenes is 1. The standard InChI is InChI=1S/C19H28ClN5/c1-3-9-22-19(21-4-2)23-10-6-11-24-12-14-25(15-13-24)18-8-5-7-17(20)16-18/h1,5,7-8,16H,4,6,9-15H2,2H3,(H2,21,22,23). The van der Waals surface area contributed by atoms with Gasteiger partial charge >= 0.3 is 0 Å². The number of nitrogens with zero attached hydrogens (tertiary/aromatic N) is 3. The Bertz CT molecular complexity index is 588. The maximum atomic E-state index is 6.09. The number of hydrogen-bond donors (Lipinski definition) is 2. The molecule has 0 saturated carbocycles. The smallest absolute Gasteiger partial charge is 0.192 e. The maximum absolute atomic E-state index is 6.09. The van der Waals surface area contributed by atoms with Gasteiger partial charge in [0.15, 0.2) is 5.96 Å². The number of anilines is 1. The molecule has 1 aliphatic rings. The summed E-state index contributed by atoms with van der Waals surface area (Å²) in [6, 6.07) is 8.10. The van der Waals surface area contributed by atoms with E-state index < -0.39 is 0 Å². The first-order valence-electron chi connectivity index (χ1n) is 8.91. The van der Waals surface area contributed by atoms with Crippen LogP contribution in [0.15, 0.2) is 29.3 Å². The highest BCUT2D eigenvalue weighted by molar-refractivity contribution is 6.30. The third-order valence-corrected chi connectivity index (χ3v) is 4.39.